The number of amides is 1. The zero-order valence-electron chi connectivity index (χ0n) is 8.77. The molecule has 0 fully saturated rings. The van der Waals surface area contributed by atoms with Crippen molar-refractivity contribution < 1.29 is 19.2 Å². The van der Waals surface area contributed by atoms with E-state index in [0.29, 0.717) is 26.4 Å². The number of oxime groups is 1. The van der Waals surface area contributed by atoms with E-state index in [-0.39, 0.29) is 12.3 Å². The van der Waals surface area contributed by atoms with Gasteiger partial charge < -0.3 is 19.7 Å². The zero-order valence-corrected chi connectivity index (χ0v) is 8.77. The first-order valence-corrected chi connectivity index (χ1v) is 4.55. The first-order chi connectivity index (χ1) is 7.31. The minimum atomic E-state index is -0.112. The Kier molecular flexibility index (Phi) is 10.0. The molecule has 7 nitrogen and oxygen atoms in total. The van der Waals surface area contributed by atoms with Gasteiger partial charge in [0.25, 0.3) is 0 Å². The molecule has 7 heteroatoms. The summed E-state index contributed by atoms with van der Waals surface area (Å²) in [6.45, 7) is 1.50. The predicted octanol–water partition coefficient (Wildman–Crippen LogP) is -0.968. The number of carbonyl (C=O) groups is 1. The van der Waals surface area contributed by atoms with E-state index in [1.807, 2.05) is 0 Å². The first-order valence-electron chi connectivity index (χ1n) is 4.55. The molecule has 0 aromatic carbocycles. The molecule has 0 atom stereocenters. The van der Waals surface area contributed by atoms with E-state index < -0.39 is 0 Å². The number of nitrogens with two attached hydrogens (primary N) is 1. The quantitative estimate of drug-likeness (QED) is 0.295. The van der Waals surface area contributed by atoms with Gasteiger partial charge in [0.05, 0.1) is 32.5 Å². The highest BCUT2D eigenvalue weighted by molar-refractivity contribution is 5.89. The van der Waals surface area contributed by atoms with Gasteiger partial charge in [-0.25, -0.2) is 5.90 Å². The topological polar surface area (TPSA) is 95.2 Å². The second-order valence-electron chi connectivity index (χ2n) is 2.48. The maximum atomic E-state index is 10.7. The van der Waals surface area contributed by atoms with Gasteiger partial charge in [-0.3, -0.25) is 4.79 Å². The Bertz CT molecular complexity index is 187. The fourth-order valence-corrected chi connectivity index (χ4v) is 0.633. The summed E-state index contributed by atoms with van der Waals surface area (Å²) in [6, 6.07) is 0. The number of rotatable bonds is 9. The lowest BCUT2D eigenvalue weighted by atomic mass is 10.4. The van der Waals surface area contributed by atoms with E-state index in [1.165, 1.54) is 6.21 Å². The number of hydrogen-bond acceptors (Lipinski definition) is 6. The fourth-order valence-electron chi connectivity index (χ4n) is 0.633. The van der Waals surface area contributed by atoms with Crippen molar-refractivity contribution in [1.29, 1.82) is 0 Å². The molecular formula is C8H17N3O4. The largest absolute Gasteiger partial charge is 0.394 e. The third-order valence-corrected chi connectivity index (χ3v) is 1.37. The zero-order chi connectivity index (χ0) is 11.4. The van der Waals surface area contributed by atoms with Crippen molar-refractivity contribution in [2.45, 2.75) is 6.42 Å². The Morgan fingerprint density at radius 3 is 2.80 bits per heavy atom. The Labute approximate surface area is 88.5 Å². The summed E-state index contributed by atoms with van der Waals surface area (Å²) in [7, 11) is 1.56. The predicted molar refractivity (Wildman–Crippen MR) is 54.1 cm³/mol. The van der Waals surface area contributed by atoms with Crippen LogP contribution < -0.4 is 11.2 Å². The molecule has 0 aromatic heterocycles. The summed E-state index contributed by atoms with van der Waals surface area (Å²) >= 11 is 0. The van der Waals surface area contributed by atoms with E-state index in [9.17, 15) is 4.79 Å². The number of nitrogens with one attached hydrogen (secondary N) is 1. The van der Waals surface area contributed by atoms with Crippen molar-refractivity contribution in [3.63, 3.8) is 0 Å². The minimum absolute atomic E-state index is 0.112. The maximum Gasteiger partial charge on any atom is 0.225 e. The molecule has 3 N–H and O–H groups in total. The van der Waals surface area contributed by atoms with Gasteiger partial charge >= 0.3 is 0 Å². The molecule has 0 bridgehead atoms. The van der Waals surface area contributed by atoms with Crippen LogP contribution in [0.15, 0.2) is 5.16 Å². The van der Waals surface area contributed by atoms with Crippen LogP contribution in [0.3, 0.4) is 0 Å². The fraction of sp³-hybridized carbons (Fsp3) is 0.750. The average Bonchev–Trinajstić information content (AvgIpc) is 2.26. The summed E-state index contributed by atoms with van der Waals surface area (Å²) in [4.78, 5) is 19.8. The number of ether oxygens (including phenoxy) is 1. The Balaban J connectivity index is 3.13. The molecule has 1 amide bonds. The van der Waals surface area contributed by atoms with Gasteiger partial charge in [-0.05, 0) is 0 Å². The van der Waals surface area contributed by atoms with Crippen molar-refractivity contribution >= 4 is 12.1 Å². The van der Waals surface area contributed by atoms with Crippen molar-refractivity contribution in [3.8, 4) is 0 Å². The van der Waals surface area contributed by atoms with E-state index in [0.717, 1.165) is 0 Å². The van der Waals surface area contributed by atoms with Crippen molar-refractivity contribution in [2.75, 3.05) is 33.5 Å². The Morgan fingerprint density at radius 1 is 1.40 bits per heavy atom. The number of hydrogen-bond donors (Lipinski definition) is 2. The van der Waals surface area contributed by atoms with Crippen LogP contribution in [-0.4, -0.2) is 45.6 Å². The standard InChI is InChI=1S/C8H17N3O4/c1-10-8(12)2-3-11-15-7-5-13-4-6-14-9/h3H,2,4-7,9H2,1H3,(H,10,12)/b11-3-. The molecule has 0 aliphatic rings. The van der Waals surface area contributed by atoms with Crippen LogP contribution in [0.5, 0.6) is 0 Å². The monoisotopic (exact) mass is 219 g/mol. The molecule has 0 unspecified atom stereocenters. The molecule has 0 spiro atoms. The van der Waals surface area contributed by atoms with Crippen LogP contribution in [0.4, 0.5) is 0 Å². The van der Waals surface area contributed by atoms with Crippen LogP contribution in [-0.2, 0) is 19.2 Å². The summed E-state index contributed by atoms with van der Waals surface area (Å²) in [5.74, 6) is 4.67. The highest BCUT2D eigenvalue weighted by Gasteiger charge is 1.92. The first kappa shape index (κ1) is 13.8. The molecular weight excluding hydrogens is 202 g/mol. The molecule has 15 heavy (non-hydrogen) atoms. The summed E-state index contributed by atoms with van der Waals surface area (Å²) in [5.41, 5.74) is 0. The molecule has 0 aliphatic carbocycles. The third kappa shape index (κ3) is 10.7. The molecule has 0 saturated heterocycles. The van der Waals surface area contributed by atoms with Crippen LogP contribution in [0.2, 0.25) is 0 Å². The lowest BCUT2D eigenvalue weighted by Gasteiger charge is -2.01. The third-order valence-electron chi connectivity index (χ3n) is 1.37. The van der Waals surface area contributed by atoms with Gasteiger partial charge in [0.15, 0.2) is 0 Å². The summed E-state index contributed by atoms with van der Waals surface area (Å²) in [5, 5.41) is 6.01. The Hall–Kier alpha value is -1.18. The smallest absolute Gasteiger partial charge is 0.225 e. The van der Waals surface area contributed by atoms with E-state index >= 15 is 0 Å². The number of carbonyl (C=O) groups excluding carboxylic acids is 1. The second-order valence-corrected chi connectivity index (χ2v) is 2.48. The van der Waals surface area contributed by atoms with Crippen LogP contribution in [0.25, 0.3) is 0 Å². The number of nitrogens with zero attached hydrogens (tertiary/aromatic N) is 1. The Morgan fingerprint density at radius 2 is 2.13 bits per heavy atom. The summed E-state index contributed by atoms with van der Waals surface area (Å²) in [6.07, 6.45) is 1.60. The lowest BCUT2D eigenvalue weighted by Crippen LogP contribution is -2.17. The van der Waals surface area contributed by atoms with E-state index in [1.54, 1.807) is 7.05 Å². The molecule has 0 saturated carbocycles. The normalized spacial score (nSPS) is 10.5. The van der Waals surface area contributed by atoms with Crippen molar-refractivity contribution in [3.05, 3.63) is 0 Å². The molecule has 0 radical (unpaired) electrons. The van der Waals surface area contributed by atoms with Crippen LogP contribution in [0.1, 0.15) is 6.42 Å². The SMILES string of the molecule is CNC(=O)C/C=N\OCCOCCON. The lowest BCUT2D eigenvalue weighted by molar-refractivity contribution is -0.119. The van der Waals surface area contributed by atoms with Crippen LogP contribution in [0, 0.1) is 0 Å². The molecule has 0 rings (SSSR count). The molecule has 0 heterocycles. The van der Waals surface area contributed by atoms with Gasteiger partial charge in [-0.1, -0.05) is 5.16 Å². The van der Waals surface area contributed by atoms with Gasteiger partial charge in [0, 0.05) is 7.05 Å². The van der Waals surface area contributed by atoms with Gasteiger partial charge in [-0.2, -0.15) is 0 Å². The molecule has 0 aromatic rings. The van der Waals surface area contributed by atoms with Gasteiger partial charge in [0.2, 0.25) is 5.91 Å². The molecule has 0 aliphatic heterocycles. The summed E-state index contributed by atoms with van der Waals surface area (Å²) < 4.78 is 5.04. The van der Waals surface area contributed by atoms with Crippen molar-refractivity contribution in [2.24, 2.45) is 11.1 Å². The van der Waals surface area contributed by atoms with Gasteiger partial charge in [-0.15, -0.1) is 0 Å². The van der Waals surface area contributed by atoms with Crippen LogP contribution >= 0.6 is 0 Å². The minimum Gasteiger partial charge on any atom is -0.394 e. The van der Waals surface area contributed by atoms with E-state index in [2.05, 4.69) is 15.3 Å². The molecule has 88 valence electrons. The highest BCUT2D eigenvalue weighted by atomic mass is 16.6. The van der Waals surface area contributed by atoms with Crippen molar-refractivity contribution in [1.82, 2.24) is 5.32 Å². The highest BCUT2D eigenvalue weighted by Crippen LogP contribution is 1.81. The second kappa shape index (κ2) is 10.9. The van der Waals surface area contributed by atoms with E-state index in [4.69, 9.17) is 15.5 Å². The average molecular weight is 219 g/mol. The van der Waals surface area contributed by atoms with Gasteiger partial charge in [0.1, 0.15) is 6.61 Å². The maximum absolute atomic E-state index is 10.7.